The Bertz CT molecular complexity index is 1270. The number of carbonyl (C=O) groups is 2. The normalized spacial score (nSPS) is 10.6. The standard InChI is InChI=1S/C23H18BrFN4O6/c1-34-20-11-14(12-26-28-23(31)15-2-8-18(9-3-15)29(32)33)10-19(24)22(20)35-13-21(30)27-17-6-4-16(25)5-7-17/h2-12H,13H2,1H3,(H,27,30)(H,28,31)/b26-12+. The number of hydrazone groups is 1. The fourth-order valence-corrected chi connectivity index (χ4v) is 3.36. The molecule has 0 unspecified atom stereocenters. The monoisotopic (exact) mass is 544 g/mol. The molecule has 0 fully saturated rings. The molecule has 2 amide bonds. The first-order chi connectivity index (χ1) is 16.8. The molecule has 0 bridgehead atoms. The Kier molecular flexibility index (Phi) is 8.46. The number of benzene rings is 3. The summed E-state index contributed by atoms with van der Waals surface area (Å²) in [7, 11) is 1.42. The molecule has 0 spiro atoms. The predicted octanol–water partition coefficient (Wildman–Crippen LogP) is 4.29. The number of nitrogens with zero attached hydrogens (tertiary/aromatic N) is 2. The van der Waals surface area contributed by atoms with Crippen molar-refractivity contribution in [2.75, 3.05) is 19.0 Å². The average Bonchev–Trinajstić information content (AvgIpc) is 2.84. The second-order valence-electron chi connectivity index (χ2n) is 6.88. The first-order valence-electron chi connectivity index (χ1n) is 9.90. The van der Waals surface area contributed by atoms with E-state index in [-0.39, 0.29) is 23.6 Å². The third kappa shape index (κ3) is 7.08. The van der Waals surface area contributed by atoms with E-state index in [1.54, 1.807) is 12.1 Å². The number of anilines is 1. The Hall–Kier alpha value is -4.32. The minimum atomic E-state index is -0.559. The minimum absolute atomic E-state index is 0.128. The van der Waals surface area contributed by atoms with Crippen molar-refractivity contribution in [3.8, 4) is 11.5 Å². The van der Waals surface area contributed by atoms with Gasteiger partial charge in [-0.15, -0.1) is 0 Å². The number of methoxy groups -OCH3 is 1. The lowest BCUT2D eigenvalue weighted by Gasteiger charge is -2.13. The number of hydrogen-bond acceptors (Lipinski definition) is 7. The summed E-state index contributed by atoms with van der Waals surface area (Å²) in [6, 6.07) is 13.6. The topological polar surface area (TPSA) is 132 Å². The maximum absolute atomic E-state index is 13.0. The summed E-state index contributed by atoms with van der Waals surface area (Å²) in [6.45, 7) is -0.328. The molecule has 12 heteroatoms. The van der Waals surface area contributed by atoms with E-state index in [1.165, 1.54) is 61.9 Å². The van der Waals surface area contributed by atoms with E-state index in [0.29, 0.717) is 21.5 Å². The predicted molar refractivity (Wildman–Crippen MR) is 129 cm³/mol. The lowest BCUT2D eigenvalue weighted by molar-refractivity contribution is -0.384. The van der Waals surface area contributed by atoms with Gasteiger partial charge in [0, 0.05) is 23.4 Å². The van der Waals surface area contributed by atoms with Gasteiger partial charge in [-0.25, -0.2) is 9.82 Å². The highest BCUT2D eigenvalue weighted by atomic mass is 79.9. The number of carbonyl (C=O) groups excluding carboxylic acids is 2. The van der Waals surface area contributed by atoms with E-state index in [2.05, 4.69) is 31.8 Å². The molecule has 3 aromatic carbocycles. The van der Waals surface area contributed by atoms with E-state index in [4.69, 9.17) is 9.47 Å². The van der Waals surface area contributed by atoms with Crippen LogP contribution in [0, 0.1) is 15.9 Å². The molecule has 3 aromatic rings. The second-order valence-corrected chi connectivity index (χ2v) is 7.74. The first-order valence-corrected chi connectivity index (χ1v) is 10.7. The van der Waals surface area contributed by atoms with Crippen molar-refractivity contribution >= 4 is 45.3 Å². The van der Waals surface area contributed by atoms with E-state index in [1.807, 2.05) is 0 Å². The average molecular weight is 545 g/mol. The molecule has 0 aliphatic heterocycles. The van der Waals surface area contributed by atoms with Crippen molar-refractivity contribution in [3.63, 3.8) is 0 Å². The summed E-state index contributed by atoms with van der Waals surface area (Å²) in [5.41, 5.74) is 3.37. The fraction of sp³-hybridized carbons (Fsp3) is 0.0870. The van der Waals surface area contributed by atoms with Gasteiger partial charge in [-0.2, -0.15) is 5.10 Å². The van der Waals surface area contributed by atoms with Crippen molar-refractivity contribution < 1.29 is 28.4 Å². The molecule has 0 radical (unpaired) electrons. The molecule has 3 rings (SSSR count). The zero-order chi connectivity index (χ0) is 25.4. The molecule has 10 nitrogen and oxygen atoms in total. The first kappa shape index (κ1) is 25.3. The van der Waals surface area contributed by atoms with Crippen molar-refractivity contribution in [2.45, 2.75) is 0 Å². The van der Waals surface area contributed by atoms with Crippen LogP contribution in [0.15, 0.2) is 70.2 Å². The molecule has 0 aliphatic carbocycles. The van der Waals surface area contributed by atoms with Crippen LogP contribution in [0.1, 0.15) is 15.9 Å². The Morgan fingerprint density at radius 2 is 1.83 bits per heavy atom. The summed E-state index contributed by atoms with van der Waals surface area (Å²) in [5.74, 6) is -0.840. The van der Waals surface area contributed by atoms with Gasteiger partial charge < -0.3 is 14.8 Å². The zero-order valence-electron chi connectivity index (χ0n) is 18.2. The number of nitro groups is 1. The quantitative estimate of drug-likeness (QED) is 0.234. The molecule has 0 aromatic heterocycles. The van der Waals surface area contributed by atoms with E-state index < -0.39 is 22.6 Å². The Morgan fingerprint density at radius 3 is 2.46 bits per heavy atom. The van der Waals surface area contributed by atoms with Crippen LogP contribution in [0.3, 0.4) is 0 Å². The molecule has 0 saturated carbocycles. The lowest BCUT2D eigenvalue weighted by atomic mass is 10.2. The van der Waals surface area contributed by atoms with E-state index >= 15 is 0 Å². The van der Waals surface area contributed by atoms with Gasteiger partial charge in [0.05, 0.1) is 22.7 Å². The van der Waals surface area contributed by atoms with Crippen LogP contribution in [0.25, 0.3) is 0 Å². The highest BCUT2D eigenvalue weighted by Gasteiger charge is 2.14. The van der Waals surface area contributed by atoms with Crippen LogP contribution < -0.4 is 20.2 Å². The second kappa shape index (κ2) is 11.7. The van der Waals surface area contributed by atoms with Gasteiger partial charge in [0.15, 0.2) is 18.1 Å². The van der Waals surface area contributed by atoms with Gasteiger partial charge in [0.25, 0.3) is 17.5 Å². The van der Waals surface area contributed by atoms with Gasteiger partial charge in [0.1, 0.15) is 5.82 Å². The smallest absolute Gasteiger partial charge is 0.271 e. The van der Waals surface area contributed by atoms with Crippen LogP contribution in [0.4, 0.5) is 15.8 Å². The maximum Gasteiger partial charge on any atom is 0.271 e. The summed E-state index contributed by atoms with van der Waals surface area (Å²) >= 11 is 3.36. The number of non-ortho nitro benzene ring substituents is 1. The van der Waals surface area contributed by atoms with Crippen LogP contribution in [0.5, 0.6) is 11.5 Å². The molecular weight excluding hydrogens is 527 g/mol. The molecule has 180 valence electrons. The van der Waals surface area contributed by atoms with Crippen molar-refractivity contribution in [1.29, 1.82) is 0 Å². The number of rotatable bonds is 9. The zero-order valence-corrected chi connectivity index (χ0v) is 19.7. The number of halogens is 2. The van der Waals surface area contributed by atoms with E-state index in [0.717, 1.165) is 0 Å². The van der Waals surface area contributed by atoms with Gasteiger partial charge in [-0.1, -0.05) is 0 Å². The summed E-state index contributed by atoms with van der Waals surface area (Å²) in [6.07, 6.45) is 1.36. The van der Waals surface area contributed by atoms with Crippen molar-refractivity contribution in [2.24, 2.45) is 5.10 Å². The largest absolute Gasteiger partial charge is 0.493 e. The molecule has 0 saturated heterocycles. The third-order valence-electron chi connectivity index (χ3n) is 4.45. The van der Waals surface area contributed by atoms with Crippen molar-refractivity contribution in [3.05, 3.63) is 92.2 Å². The van der Waals surface area contributed by atoms with Crippen LogP contribution in [-0.4, -0.2) is 36.7 Å². The van der Waals surface area contributed by atoms with Crippen LogP contribution >= 0.6 is 15.9 Å². The fourth-order valence-electron chi connectivity index (χ4n) is 2.79. The number of amides is 2. The summed E-state index contributed by atoms with van der Waals surface area (Å²) < 4.78 is 24.4. The van der Waals surface area contributed by atoms with Gasteiger partial charge in [-0.05, 0) is 70.0 Å². The summed E-state index contributed by atoms with van der Waals surface area (Å²) in [5, 5.41) is 17.2. The van der Waals surface area contributed by atoms with Gasteiger partial charge in [0.2, 0.25) is 0 Å². The molecule has 0 atom stereocenters. The SMILES string of the molecule is COc1cc(/C=N/NC(=O)c2ccc([N+](=O)[O-])cc2)cc(Br)c1OCC(=O)Nc1ccc(F)cc1. The highest BCUT2D eigenvalue weighted by Crippen LogP contribution is 2.36. The van der Waals surface area contributed by atoms with Gasteiger partial charge >= 0.3 is 0 Å². The van der Waals surface area contributed by atoms with Gasteiger partial charge in [-0.3, -0.25) is 19.7 Å². The highest BCUT2D eigenvalue weighted by molar-refractivity contribution is 9.10. The Morgan fingerprint density at radius 1 is 1.14 bits per heavy atom. The molecular formula is C23H18BrFN4O6. The van der Waals surface area contributed by atoms with Crippen LogP contribution in [0.2, 0.25) is 0 Å². The number of nitrogens with one attached hydrogen (secondary N) is 2. The molecule has 0 heterocycles. The molecule has 35 heavy (non-hydrogen) atoms. The minimum Gasteiger partial charge on any atom is -0.493 e. The summed E-state index contributed by atoms with van der Waals surface area (Å²) in [4.78, 5) is 34.4. The Balaban J connectivity index is 1.61. The molecule has 0 aliphatic rings. The lowest BCUT2D eigenvalue weighted by Crippen LogP contribution is -2.20. The Labute approximate surface area is 207 Å². The third-order valence-corrected chi connectivity index (χ3v) is 5.04. The molecule has 2 N–H and O–H groups in total. The number of ether oxygens (including phenoxy) is 2. The number of nitro benzene ring substituents is 1. The number of hydrogen-bond donors (Lipinski definition) is 2. The maximum atomic E-state index is 13.0. The van der Waals surface area contributed by atoms with Crippen LogP contribution in [-0.2, 0) is 4.79 Å². The van der Waals surface area contributed by atoms with Crippen molar-refractivity contribution in [1.82, 2.24) is 5.43 Å². The van der Waals surface area contributed by atoms with E-state index in [9.17, 15) is 24.1 Å².